The largest absolute Gasteiger partial charge is 0.319 e. The predicted molar refractivity (Wildman–Crippen MR) is 115 cm³/mol. The summed E-state index contributed by atoms with van der Waals surface area (Å²) >= 11 is 3.65. The van der Waals surface area contributed by atoms with Crippen molar-refractivity contribution in [2.45, 2.75) is 0 Å². The average Bonchev–Trinajstić information content (AvgIpc) is 2.54. The molecule has 0 fully saturated rings. The molecule has 3 aromatic carbocycles. The van der Waals surface area contributed by atoms with Crippen LogP contribution in [0.2, 0.25) is 0 Å². The Kier molecular flexibility index (Phi) is 5.03. The molecule has 0 aliphatic carbocycles. The van der Waals surface area contributed by atoms with Gasteiger partial charge in [0.05, 0.1) is 0 Å². The maximum Gasteiger partial charge on any atom is 0.109 e. The van der Waals surface area contributed by atoms with Gasteiger partial charge in [0.25, 0.3) is 0 Å². The van der Waals surface area contributed by atoms with Crippen molar-refractivity contribution in [3.8, 4) is 11.1 Å². The van der Waals surface area contributed by atoms with E-state index >= 15 is 0 Å². The van der Waals surface area contributed by atoms with Crippen LogP contribution < -0.4 is 10.6 Å². The smallest absolute Gasteiger partial charge is 0.109 e. The van der Waals surface area contributed by atoms with Crippen molar-refractivity contribution in [1.82, 2.24) is 0 Å². The lowest BCUT2D eigenvalue weighted by molar-refractivity contribution is 0.588. The van der Waals surface area contributed by atoms with Crippen molar-refractivity contribution in [3.05, 3.63) is 59.1 Å². The second kappa shape index (κ2) is 6.75. The summed E-state index contributed by atoms with van der Waals surface area (Å²) in [6.07, 6.45) is 0. The van der Waals surface area contributed by atoms with Gasteiger partial charge in [-0.3, -0.25) is 0 Å². The molecule has 0 saturated carbocycles. The number of hydrogen-bond donors (Lipinski definition) is 0. The molecule has 1 nitrogen and oxygen atoms in total. The molecule has 0 atom stereocenters. The van der Waals surface area contributed by atoms with Gasteiger partial charge < -0.3 is 4.57 Å². The monoisotopic (exact) mass is 418 g/mol. The molecule has 0 amide bonds. The number of benzene rings is 3. The molecular weight excluding hydrogens is 398 g/mol. The standard InChI is InChI=1S/C20H21BrOP2/c1-23(2)15-11-14(12-16(13-15)24(3,4)22)17-9-10-20(21)19-8-6-5-7-18(17)19/h5-13H,1-4H3. The van der Waals surface area contributed by atoms with Crippen LogP contribution in [-0.2, 0) is 4.57 Å². The second-order valence-corrected chi connectivity index (χ2v) is 13.0. The highest BCUT2D eigenvalue weighted by Gasteiger charge is 2.16. The maximum atomic E-state index is 12.7. The van der Waals surface area contributed by atoms with E-state index in [2.05, 4.69) is 83.9 Å². The van der Waals surface area contributed by atoms with E-state index in [-0.39, 0.29) is 7.92 Å². The van der Waals surface area contributed by atoms with Gasteiger partial charge in [-0.2, -0.15) is 0 Å². The first-order valence-corrected chi connectivity index (χ1v) is 13.5. The molecule has 0 saturated heterocycles. The minimum absolute atomic E-state index is 0.245. The van der Waals surface area contributed by atoms with E-state index in [1.54, 1.807) is 0 Å². The van der Waals surface area contributed by atoms with E-state index in [1.165, 1.54) is 21.6 Å². The number of halogens is 1. The van der Waals surface area contributed by atoms with Crippen LogP contribution in [0.3, 0.4) is 0 Å². The normalized spacial score (nSPS) is 12.1. The first kappa shape index (κ1) is 17.9. The van der Waals surface area contributed by atoms with Crippen LogP contribution in [0, 0.1) is 0 Å². The van der Waals surface area contributed by atoms with E-state index in [0.717, 1.165) is 15.3 Å². The highest BCUT2D eigenvalue weighted by atomic mass is 79.9. The Bertz CT molecular complexity index is 957. The lowest BCUT2D eigenvalue weighted by atomic mass is 9.98. The Morgan fingerprint density at radius 1 is 0.917 bits per heavy atom. The summed E-state index contributed by atoms with van der Waals surface area (Å²) in [6, 6.07) is 19.2. The number of hydrogen-bond acceptors (Lipinski definition) is 1. The lowest BCUT2D eigenvalue weighted by Crippen LogP contribution is -2.12. The zero-order chi connectivity index (χ0) is 17.5. The van der Waals surface area contributed by atoms with Crippen LogP contribution in [0.25, 0.3) is 21.9 Å². The van der Waals surface area contributed by atoms with E-state index in [0.29, 0.717) is 0 Å². The second-order valence-electron chi connectivity index (χ2n) is 6.62. The van der Waals surface area contributed by atoms with Gasteiger partial charge in [0.1, 0.15) is 7.14 Å². The van der Waals surface area contributed by atoms with E-state index in [9.17, 15) is 4.57 Å². The zero-order valence-electron chi connectivity index (χ0n) is 14.4. The summed E-state index contributed by atoms with van der Waals surface area (Å²) < 4.78 is 13.8. The fraction of sp³-hybridized carbons (Fsp3) is 0.200. The summed E-state index contributed by atoms with van der Waals surface area (Å²) in [4.78, 5) is 0. The van der Waals surface area contributed by atoms with Gasteiger partial charge in [-0.1, -0.05) is 54.2 Å². The van der Waals surface area contributed by atoms with Gasteiger partial charge in [-0.25, -0.2) is 0 Å². The minimum Gasteiger partial charge on any atom is -0.319 e. The molecule has 0 unspecified atom stereocenters. The van der Waals surface area contributed by atoms with Gasteiger partial charge >= 0.3 is 0 Å². The molecule has 3 rings (SSSR count). The van der Waals surface area contributed by atoms with Gasteiger partial charge in [0, 0.05) is 9.78 Å². The Balaban J connectivity index is 2.32. The highest BCUT2D eigenvalue weighted by Crippen LogP contribution is 2.39. The minimum atomic E-state index is -2.30. The van der Waals surface area contributed by atoms with Crippen LogP contribution in [-0.4, -0.2) is 26.7 Å². The van der Waals surface area contributed by atoms with Crippen molar-refractivity contribution >= 4 is 52.4 Å². The van der Waals surface area contributed by atoms with Crippen LogP contribution in [0.5, 0.6) is 0 Å². The SMILES string of the molecule is CP(C)c1cc(-c2ccc(Br)c3ccccc23)cc(P(C)(C)=O)c1. The predicted octanol–water partition coefficient (Wildman–Crippen LogP) is 5.88. The molecule has 0 N–H and O–H groups in total. The summed E-state index contributed by atoms with van der Waals surface area (Å²) in [6.45, 7) is 8.19. The maximum absolute atomic E-state index is 12.7. The fourth-order valence-corrected chi connectivity index (χ4v) is 5.11. The molecular formula is C20H21BrOP2. The van der Waals surface area contributed by atoms with Crippen LogP contribution in [0.4, 0.5) is 0 Å². The van der Waals surface area contributed by atoms with Crippen molar-refractivity contribution in [1.29, 1.82) is 0 Å². The topological polar surface area (TPSA) is 17.1 Å². The highest BCUT2D eigenvalue weighted by molar-refractivity contribution is 9.10. The average molecular weight is 419 g/mol. The Hall–Kier alpha value is -0.940. The number of rotatable bonds is 3. The molecule has 0 aromatic heterocycles. The van der Waals surface area contributed by atoms with Gasteiger partial charge in [-0.05, 0) is 78.1 Å². The molecule has 3 aromatic rings. The summed E-state index contributed by atoms with van der Waals surface area (Å²) in [5.41, 5.74) is 2.36. The molecule has 0 radical (unpaired) electrons. The molecule has 0 aliphatic rings. The van der Waals surface area contributed by atoms with Crippen molar-refractivity contribution < 1.29 is 4.57 Å². The van der Waals surface area contributed by atoms with Gasteiger partial charge in [0.15, 0.2) is 0 Å². The summed E-state index contributed by atoms with van der Waals surface area (Å²) in [5.74, 6) is 0. The van der Waals surface area contributed by atoms with Crippen molar-refractivity contribution in [3.63, 3.8) is 0 Å². The van der Waals surface area contributed by atoms with Crippen molar-refractivity contribution in [2.24, 2.45) is 0 Å². The van der Waals surface area contributed by atoms with Crippen molar-refractivity contribution in [2.75, 3.05) is 26.7 Å². The number of fused-ring (bicyclic) bond motifs is 1. The third-order valence-electron chi connectivity index (χ3n) is 4.22. The first-order chi connectivity index (χ1) is 11.3. The van der Waals surface area contributed by atoms with Gasteiger partial charge in [0.2, 0.25) is 0 Å². The van der Waals surface area contributed by atoms with E-state index < -0.39 is 7.14 Å². The fourth-order valence-electron chi connectivity index (χ4n) is 2.83. The molecule has 0 spiro atoms. The third-order valence-corrected chi connectivity index (χ3v) is 7.71. The summed E-state index contributed by atoms with van der Waals surface area (Å²) in [5, 5.41) is 4.69. The van der Waals surface area contributed by atoms with Crippen LogP contribution in [0.1, 0.15) is 0 Å². The Labute approximate surface area is 153 Å². The third kappa shape index (κ3) is 3.52. The summed E-state index contributed by atoms with van der Waals surface area (Å²) in [7, 11) is -2.55. The zero-order valence-corrected chi connectivity index (χ0v) is 17.8. The molecule has 0 heterocycles. The Morgan fingerprint density at radius 3 is 2.21 bits per heavy atom. The first-order valence-electron chi connectivity index (χ1n) is 7.83. The molecule has 0 aliphatic heterocycles. The molecule has 4 heteroatoms. The molecule has 124 valence electrons. The van der Waals surface area contributed by atoms with E-state index in [4.69, 9.17) is 0 Å². The van der Waals surface area contributed by atoms with Gasteiger partial charge in [-0.15, -0.1) is 0 Å². The quantitative estimate of drug-likeness (QED) is 0.485. The van der Waals surface area contributed by atoms with Crippen LogP contribution >= 0.6 is 31.0 Å². The Morgan fingerprint density at radius 2 is 1.58 bits per heavy atom. The molecule has 0 bridgehead atoms. The molecule has 24 heavy (non-hydrogen) atoms. The van der Waals surface area contributed by atoms with E-state index in [1.807, 2.05) is 13.3 Å². The van der Waals surface area contributed by atoms with Crippen LogP contribution in [0.15, 0.2) is 59.1 Å². The lowest BCUT2D eigenvalue weighted by Gasteiger charge is -2.16.